The highest BCUT2D eigenvalue weighted by molar-refractivity contribution is 7.31. The molecule has 0 bridgehead atoms. The lowest BCUT2D eigenvalue weighted by Gasteiger charge is -2.11. The van der Waals surface area contributed by atoms with Gasteiger partial charge < -0.3 is 21.1 Å². The van der Waals surface area contributed by atoms with Crippen LogP contribution in [0.1, 0.15) is 12.8 Å². The molecule has 0 spiro atoms. The van der Waals surface area contributed by atoms with Crippen molar-refractivity contribution in [1.82, 2.24) is 0 Å². The molecule has 9 N–H and O–H groups in total. The van der Waals surface area contributed by atoms with E-state index >= 15 is 0 Å². The van der Waals surface area contributed by atoms with E-state index in [-0.39, 0.29) is 6.42 Å². The molecule has 0 rings (SSSR count). The van der Waals surface area contributed by atoms with Gasteiger partial charge in [-0.3, -0.25) is 0 Å². The van der Waals surface area contributed by atoms with E-state index < -0.39 is 22.5 Å². The lowest BCUT2D eigenvalue weighted by molar-refractivity contribution is -0.314. The fourth-order valence-corrected chi connectivity index (χ4v) is 0.339. The molecule has 0 amide bonds. The van der Waals surface area contributed by atoms with Gasteiger partial charge in [0.05, 0.1) is 0 Å². The van der Waals surface area contributed by atoms with E-state index in [2.05, 4.69) is 0 Å². The summed E-state index contributed by atoms with van der Waals surface area (Å²) in [7, 11) is -5.74. The molecule has 0 aromatic carbocycles. The zero-order chi connectivity index (χ0) is 13.8. The Bertz CT molecular complexity index is 172. The minimum Gasteiger partial charge on any atom is -0.344 e. The summed E-state index contributed by atoms with van der Waals surface area (Å²) in [6.07, 6.45) is 0.312. The predicted molar refractivity (Wildman–Crippen MR) is 51.8 cm³/mol. The lowest BCUT2D eigenvalue weighted by atomic mass is 10.3. The molecule has 0 aliphatic heterocycles. The van der Waals surface area contributed by atoms with Crippen molar-refractivity contribution in [3.05, 3.63) is 0 Å². The molecule has 98 valence electrons. The molecule has 0 heterocycles. The molecule has 0 atom stereocenters. The summed E-state index contributed by atoms with van der Waals surface area (Å²) in [6.45, 7) is 0.351. The van der Waals surface area contributed by atoms with E-state index in [1.807, 2.05) is 0 Å². The highest BCUT2D eigenvalue weighted by atomic mass is 31.1. The van der Waals surface area contributed by atoms with Gasteiger partial charge in [-0.1, -0.05) is 0 Å². The summed E-state index contributed by atoms with van der Waals surface area (Å²) < 4.78 is 17.4. The minimum atomic E-state index is -2.87. The quantitative estimate of drug-likeness (QED) is 0.204. The zero-order valence-corrected chi connectivity index (χ0v) is 9.83. The van der Waals surface area contributed by atoms with Crippen LogP contribution in [0, 0.1) is 0 Å². The van der Waals surface area contributed by atoms with Crippen molar-refractivity contribution < 1.29 is 44.0 Å². The van der Waals surface area contributed by atoms with E-state index in [1.54, 1.807) is 0 Å². The van der Waals surface area contributed by atoms with Gasteiger partial charge in [0, 0.05) is 15.6 Å². The first-order valence-electron chi connectivity index (χ1n) is 3.60. The van der Waals surface area contributed by atoms with Crippen LogP contribution < -0.4 is 5.73 Å². The first kappa shape index (κ1) is 21.2. The molecule has 0 fully saturated rings. The van der Waals surface area contributed by atoms with Crippen molar-refractivity contribution in [3.8, 4) is 0 Å². The molecule has 0 aromatic rings. The van der Waals surface area contributed by atoms with Gasteiger partial charge >= 0.3 is 16.5 Å². The molecule has 0 unspecified atom stereocenters. The van der Waals surface area contributed by atoms with E-state index in [0.717, 1.165) is 0 Å². The third kappa shape index (κ3) is 96.7. The largest absolute Gasteiger partial charge is 0.692 e. The van der Waals surface area contributed by atoms with Crippen molar-refractivity contribution in [3.63, 3.8) is 0 Å². The SMILES string of the molecule is NCCCC(O)(O)O.O=[P+](O)O.O=[P+](O)O. The molecule has 0 aromatic heterocycles. The Balaban J connectivity index is -0.000000179. The van der Waals surface area contributed by atoms with Gasteiger partial charge in [-0.05, 0) is 13.0 Å². The summed E-state index contributed by atoms with van der Waals surface area (Å²) in [4.78, 5) is 28.5. The highest BCUT2D eigenvalue weighted by Crippen LogP contribution is 2.01. The average molecular weight is 283 g/mol. The molecule has 0 saturated heterocycles. The molecule has 16 heavy (non-hydrogen) atoms. The standard InChI is InChI=1S/C4H11NO3.2HO3P/c5-3-1-2-4(6,7)8;2*1-4(2)3/h6-8H,1-3,5H2;2*(H-,1,2,3)/p+2. The van der Waals surface area contributed by atoms with Crippen LogP contribution in [0.4, 0.5) is 0 Å². The fourth-order valence-electron chi connectivity index (χ4n) is 0.339. The van der Waals surface area contributed by atoms with E-state index in [1.165, 1.54) is 0 Å². The third-order valence-corrected chi connectivity index (χ3v) is 0.716. The van der Waals surface area contributed by atoms with Crippen LogP contribution in [0.3, 0.4) is 0 Å². The lowest BCUT2D eigenvalue weighted by Crippen LogP contribution is -2.27. The third-order valence-electron chi connectivity index (χ3n) is 0.716. The van der Waals surface area contributed by atoms with Crippen molar-refractivity contribution in [2.75, 3.05) is 6.54 Å². The van der Waals surface area contributed by atoms with Crippen molar-refractivity contribution in [2.45, 2.75) is 18.8 Å². The Labute approximate surface area is 92.5 Å². The second-order valence-corrected chi connectivity index (χ2v) is 3.18. The van der Waals surface area contributed by atoms with Gasteiger partial charge in [0.15, 0.2) is 0 Å². The molecule has 12 heteroatoms. The minimum absolute atomic E-state index is 0.0938. The van der Waals surface area contributed by atoms with Crippen molar-refractivity contribution in [1.29, 1.82) is 0 Å². The Morgan fingerprint density at radius 1 is 0.938 bits per heavy atom. The Morgan fingerprint density at radius 2 is 1.19 bits per heavy atom. The van der Waals surface area contributed by atoms with Crippen LogP contribution in [0.25, 0.3) is 0 Å². The summed E-state index contributed by atoms with van der Waals surface area (Å²) in [5, 5.41) is 24.6. The topological polar surface area (TPSA) is 202 Å². The fraction of sp³-hybridized carbons (Fsp3) is 1.00. The molecule has 10 nitrogen and oxygen atoms in total. The van der Waals surface area contributed by atoms with Gasteiger partial charge in [0.1, 0.15) is 0 Å². The molecule has 0 aliphatic rings. The summed E-state index contributed by atoms with van der Waals surface area (Å²) in [6, 6.07) is 0. The van der Waals surface area contributed by atoms with Gasteiger partial charge in [0.25, 0.3) is 5.97 Å². The maximum absolute atomic E-state index is 8.70. The number of aliphatic hydroxyl groups is 3. The van der Waals surface area contributed by atoms with E-state index in [0.29, 0.717) is 13.0 Å². The molecule has 0 aliphatic carbocycles. The Morgan fingerprint density at radius 3 is 1.25 bits per heavy atom. The van der Waals surface area contributed by atoms with Crippen molar-refractivity contribution >= 4 is 16.5 Å². The summed E-state index contributed by atoms with van der Waals surface area (Å²) in [5.74, 6) is -2.53. The molecule has 0 radical (unpaired) electrons. The van der Waals surface area contributed by atoms with Crippen LogP contribution in [0.5, 0.6) is 0 Å². The van der Waals surface area contributed by atoms with Crippen LogP contribution in [-0.4, -0.2) is 47.4 Å². The van der Waals surface area contributed by atoms with Crippen LogP contribution in [0.15, 0.2) is 0 Å². The number of hydrogen-bond acceptors (Lipinski definition) is 6. The maximum atomic E-state index is 8.70. The average Bonchev–Trinajstić information content (AvgIpc) is 1.97. The normalized spacial score (nSPS) is 9.25. The zero-order valence-electron chi connectivity index (χ0n) is 8.04. The maximum Gasteiger partial charge on any atom is 0.692 e. The number of hydrogen-bond donors (Lipinski definition) is 8. The predicted octanol–water partition coefficient (Wildman–Crippen LogP) is -2.39. The molecular formula is C4H15NO9P2+2. The number of nitrogens with two attached hydrogens (primary N) is 1. The second-order valence-electron chi connectivity index (χ2n) is 2.17. The molecule has 0 saturated carbocycles. The van der Waals surface area contributed by atoms with Crippen molar-refractivity contribution in [2.24, 2.45) is 5.73 Å². The van der Waals surface area contributed by atoms with Crippen LogP contribution in [-0.2, 0) is 9.13 Å². The monoisotopic (exact) mass is 283 g/mol. The van der Waals surface area contributed by atoms with E-state index in [9.17, 15) is 0 Å². The summed E-state index contributed by atoms with van der Waals surface area (Å²) >= 11 is 0. The van der Waals surface area contributed by atoms with Gasteiger partial charge in [-0.25, -0.2) is 0 Å². The first-order valence-corrected chi connectivity index (χ1v) is 5.93. The first-order chi connectivity index (χ1) is 7.02. The van der Waals surface area contributed by atoms with Gasteiger partial charge in [-0.15, -0.1) is 19.6 Å². The van der Waals surface area contributed by atoms with Gasteiger partial charge in [-0.2, -0.15) is 0 Å². The summed E-state index contributed by atoms with van der Waals surface area (Å²) in [5.41, 5.74) is 5.00. The number of rotatable bonds is 3. The Kier molecular flexibility index (Phi) is 17.2. The molecular weight excluding hydrogens is 268 g/mol. The van der Waals surface area contributed by atoms with E-state index in [4.69, 9.17) is 49.8 Å². The van der Waals surface area contributed by atoms with Crippen LogP contribution >= 0.6 is 16.5 Å². The van der Waals surface area contributed by atoms with Gasteiger partial charge in [0.2, 0.25) is 0 Å². The second kappa shape index (κ2) is 12.9. The van der Waals surface area contributed by atoms with Crippen LogP contribution in [0.2, 0.25) is 0 Å². The smallest absolute Gasteiger partial charge is 0.344 e. The Hall–Kier alpha value is -0.120. The highest BCUT2D eigenvalue weighted by Gasteiger charge is 2.15.